The molecule has 1 fully saturated rings. The van der Waals surface area contributed by atoms with Crippen LogP contribution >= 0.6 is 11.6 Å². The predicted octanol–water partition coefficient (Wildman–Crippen LogP) is 2.18. The molecule has 5 heteroatoms. The molecule has 2 unspecified atom stereocenters. The monoisotopic (exact) mass is 266 g/mol. The summed E-state index contributed by atoms with van der Waals surface area (Å²) < 4.78 is 22.9. The highest BCUT2D eigenvalue weighted by molar-refractivity contribution is 7.91. The summed E-state index contributed by atoms with van der Waals surface area (Å²) >= 11 is 5.54. The summed E-state index contributed by atoms with van der Waals surface area (Å²) in [6, 6.07) is 0. The number of halogens is 1. The molecule has 0 heterocycles. The number of alkyl halides is 1. The van der Waals surface area contributed by atoms with Crippen molar-refractivity contribution >= 4 is 27.2 Å². The molecule has 3 nitrogen and oxygen atoms in total. The van der Waals surface area contributed by atoms with Gasteiger partial charge < -0.3 is 0 Å². The molecule has 1 aliphatic rings. The van der Waals surface area contributed by atoms with Gasteiger partial charge in [-0.05, 0) is 25.7 Å². The van der Waals surface area contributed by atoms with Crippen LogP contribution in [0.4, 0.5) is 0 Å². The van der Waals surface area contributed by atoms with Gasteiger partial charge in [-0.25, -0.2) is 8.42 Å². The topological polar surface area (TPSA) is 51.2 Å². The van der Waals surface area contributed by atoms with E-state index in [0.717, 1.165) is 12.8 Å². The van der Waals surface area contributed by atoms with Crippen molar-refractivity contribution in [3.8, 4) is 0 Å². The minimum atomic E-state index is -2.99. The van der Waals surface area contributed by atoms with Crippen LogP contribution in [0, 0.1) is 5.92 Å². The van der Waals surface area contributed by atoms with E-state index in [0.29, 0.717) is 31.6 Å². The Hall–Kier alpha value is -0.0900. The van der Waals surface area contributed by atoms with E-state index in [9.17, 15) is 13.2 Å². The second-order valence-electron chi connectivity index (χ2n) is 4.57. The smallest absolute Gasteiger partial charge is 0.150 e. The lowest BCUT2D eigenvalue weighted by atomic mass is 9.84. The molecule has 2 atom stereocenters. The van der Waals surface area contributed by atoms with E-state index < -0.39 is 9.84 Å². The van der Waals surface area contributed by atoms with Gasteiger partial charge in [-0.2, -0.15) is 0 Å². The van der Waals surface area contributed by atoms with E-state index in [4.69, 9.17) is 11.6 Å². The van der Waals surface area contributed by atoms with Gasteiger partial charge in [0.2, 0.25) is 0 Å². The molecule has 0 aromatic carbocycles. The maximum Gasteiger partial charge on any atom is 0.150 e. The zero-order valence-corrected chi connectivity index (χ0v) is 11.2. The molecule has 0 N–H and O–H groups in total. The average Bonchev–Trinajstić information content (AvgIpc) is 2.25. The van der Waals surface area contributed by atoms with Gasteiger partial charge in [-0.15, -0.1) is 11.6 Å². The second-order valence-corrected chi connectivity index (χ2v) is 7.28. The quantitative estimate of drug-likeness (QED) is 0.717. The van der Waals surface area contributed by atoms with Crippen LogP contribution in [0.25, 0.3) is 0 Å². The van der Waals surface area contributed by atoms with Crippen molar-refractivity contribution in [3.63, 3.8) is 0 Å². The van der Waals surface area contributed by atoms with Gasteiger partial charge in [0, 0.05) is 24.5 Å². The van der Waals surface area contributed by atoms with Crippen LogP contribution in [-0.4, -0.2) is 31.6 Å². The summed E-state index contributed by atoms with van der Waals surface area (Å²) in [5, 5.41) is -0.314. The van der Waals surface area contributed by atoms with E-state index >= 15 is 0 Å². The second kappa shape index (κ2) is 6.01. The first kappa shape index (κ1) is 14.0. The molecule has 0 aromatic rings. The summed E-state index contributed by atoms with van der Waals surface area (Å²) in [7, 11) is -2.99. The zero-order valence-electron chi connectivity index (χ0n) is 9.62. The van der Waals surface area contributed by atoms with Crippen LogP contribution in [0.5, 0.6) is 0 Å². The Morgan fingerprint density at radius 1 is 1.38 bits per heavy atom. The molecule has 0 radical (unpaired) electrons. The van der Waals surface area contributed by atoms with Crippen LogP contribution < -0.4 is 0 Å². The van der Waals surface area contributed by atoms with E-state index in [1.54, 1.807) is 0 Å². The number of sulfone groups is 1. The number of rotatable bonds is 5. The first-order chi connectivity index (χ1) is 7.45. The fourth-order valence-electron chi connectivity index (χ4n) is 2.27. The highest BCUT2D eigenvalue weighted by Crippen LogP contribution is 2.29. The summed E-state index contributed by atoms with van der Waals surface area (Å²) in [4.78, 5) is 11.8. The Morgan fingerprint density at radius 2 is 2.06 bits per heavy atom. The Balaban J connectivity index is 2.54. The summed E-state index contributed by atoms with van der Waals surface area (Å²) in [5.74, 6) is 0.624. The van der Waals surface area contributed by atoms with Crippen molar-refractivity contribution in [3.05, 3.63) is 0 Å². The Kier molecular flexibility index (Phi) is 5.25. The summed E-state index contributed by atoms with van der Waals surface area (Å²) in [6.07, 6.45) is 5.36. The fourth-order valence-corrected chi connectivity index (χ4v) is 3.58. The molecule has 0 amide bonds. The number of hydrogen-bond acceptors (Lipinski definition) is 3. The zero-order chi connectivity index (χ0) is 12.2. The SMILES string of the molecule is CS(=O)(=O)C1CCCC(C(=O)CCCCl)C1. The van der Waals surface area contributed by atoms with E-state index in [-0.39, 0.29) is 17.0 Å². The van der Waals surface area contributed by atoms with E-state index in [1.165, 1.54) is 6.26 Å². The Bertz CT molecular complexity index is 337. The predicted molar refractivity (Wildman–Crippen MR) is 65.6 cm³/mol. The maximum atomic E-state index is 11.8. The van der Waals surface area contributed by atoms with Gasteiger partial charge in [-0.1, -0.05) is 6.42 Å². The maximum absolute atomic E-state index is 11.8. The van der Waals surface area contributed by atoms with Gasteiger partial charge in [0.25, 0.3) is 0 Å². The molecular weight excluding hydrogens is 248 g/mol. The Morgan fingerprint density at radius 3 is 2.62 bits per heavy atom. The standard InChI is InChI=1S/C11H19ClO3S/c1-16(14,15)10-5-2-4-9(8-10)11(13)6-3-7-12/h9-10H,2-8H2,1H3. The molecule has 16 heavy (non-hydrogen) atoms. The van der Waals surface area contributed by atoms with Gasteiger partial charge >= 0.3 is 0 Å². The van der Waals surface area contributed by atoms with Crippen LogP contribution in [0.2, 0.25) is 0 Å². The third kappa shape index (κ3) is 4.06. The van der Waals surface area contributed by atoms with Crippen molar-refractivity contribution in [2.75, 3.05) is 12.1 Å². The van der Waals surface area contributed by atoms with Crippen LogP contribution in [0.3, 0.4) is 0 Å². The average molecular weight is 267 g/mol. The van der Waals surface area contributed by atoms with Gasteiger partial charge in [-0.3, -0.25) is 4.79 Å². The van der Waals surface area contributed by atoms with Crippen molar-refractivity contribution in [2.45, 2.75) is 43.8 Å². The first-order valence-corrected chi connectivity index (χ1v) is 8.21. The highest BCUT2D eigenvalue weighted by Gasteiger charge is 2.31. The van der Waals surface area contributed by atoms with Gasteiger partial charge in [0.15, 0.2) is 0 Å². The summed E-state index contributed by atoms with van der Waals surface area (Å²) in [5.41, 5.74) is 0. The van der Waals surface area contributed by atoms with Crippen LogP contribution in [-0.2, 0) is 14.6 Å². The third-order valence-electron chi connectivity index (χ3n) is 3.24. The van der Waals surface area contributed by atoms with Crippen molar-refractivity contribution in [2.24, 2.45) is 5.92 Å². The Labute approximate surface area is 102 Å². The number of hydrogen-bond donors (Lipinski definition) is 0. The molecule has 0 aromatic heterocycles. The molecule has 1 saturated carbocycles. The molecular formula is C11H19ClO3S. The van der Waals surface area contributed by atoms with Crippen molar-refractivity contribution in [1.82, 2.24) is 0 Å². The molecule has 94 valence electrons. The van der Waals surface area contributed by atoms with Crippen molar-refractivity contribution < 1.29 is 13.2 Å². The normalized spacial score (nSPS) is 26.6. The lowest BCUT2D eigenvalue weighted by Gasteiger charge is -2.26. The number of ketones is 1. The van der Waals surface area contributed by atoms with E-state index in [2.05, 4.69) is 0 Å². The fraction of sp³-hybridized carbons (Fsp3) is 0.909. The summed E-state index contributed by atoms with van der Waals surface area (Å²) in [6.45, 7) is 0. The van der Waals surface area contributed by atoms with Crippen LogP contribution in [0.1, 0.15) is 38.5 Å². The molecule has 0 saturated heterocycles. The highest BCUT2D eigenvalue weighted by atomic mass is 35.5. The number of Topliss-reactive ketones (excluding diaryl/α,β-unsaturated/α-hetero) is 1. The third-order valence-corrected chi connectivity index (χ3v) is 5.15. The number of carbonyl (C=O) groups is 1. The first-order valence-electron chi connectivity index (χ1n) is 5.72. The molecule has 0 bridgehead atoms. The lowest BCUT2D eigenvalue weighted by Crippen LogP contribution is -2.31. The van der Waals surface area contributed by atoms with E-state index in [1.807, 2.05) is 0 Å². The van der Waals surface area contributed by atoms with Gasteiger partial charge in [0.1, 0.15) is 15.6 Å². The van der Waals surface area contributed by atoms with Crippen LogP contribution in [0.15, 0.2) is 0 Å². The minimum absolute atomic E-state index is 0.0586. The largest absolute Gasteiger partial charge is 0.299 e. The minimum Gasteiger partial charge on any atom is -0.299 e. The van der Waals surface area contributed by atoms with Crippen molar-refractivity contribution in [1.29, 1.82) is 0 Å². The molecule has 0 spiro atoms. The lowest BCUT2D eigenvalue weighted by molar-refractivity contribution is -0.123. The molecule has 0 aliphatic heterocycles. The molecule has 1 rings (SSSR count). The van der Waals surface area contributed by atoms with Gasteiger partial charge in [0.05, 0.1) is 5.25 Å². The number of carbonyl (C=O) groups excluding carboxylic acids is 1. The molecule has 1 aliphatic carbocycles.